The van der Waals surface area contributed by atoms with Crippen molar-refractivity contribution < 1.29 is 4.74 Å². The van der Waals surface area contributed by atoms with E-state index < -0.39 is 0 Å². The molecule has 1 saturated carbocycles. The molecule has 2 nitrogen and oxygen atoms in total. The monoisotopic (exact) mass is 225 g/mol. The van der Waals surface area contributed by atoms with Crippen molar-refractivity contribution in [3.05, 3.63) is 0 Å². The third-order valence-corrected chi connectivity index (χ3v) is 4.18. The summed E-state index contributed by atoms with van der Waals surface area (Å²) in [5.41, 5.74) is 0.398. The highest BCUT2D eigenvalue weighted by atomic mass is 16.5. The van der Waals surface area contributed by atoms with E-state index in [4.69, 9.17) is 4.74 Å². The van der Waals surface area contributed by atoms with Crippen LogP contribution in [0.4, 0.5) is 0 Å². The third kappa shape index (κ3) is 2.60. The van der Waals surface area contributed by atoms with Crippen molar-refractivity contribution in [1.82, 2.24) is 5.32 Å². The van der Waals surface area contributed by atoms with Crippen LogP contribution >= 0.6 is 0 Å². The predicted molar refractivity (Wildman–Crippen MR) is 67.6 cm³/mol. The van der Waals surface area contributed by atoms with E-state index >= 15 is 0 Å². The van der Waals surface area contributed by atoms with Crippen molar-refractivity contribution in [2.24, 2.45) is 11.3 Å². The molecule has 0 radical (unpaired) electrons. The van der Waals surface area contributed by atoms with Gasteiger partial charge < -0.3 is 10.1 Å². The van der Waals surface area contributed by atoms with Crippen molar-refractivity contribution in [3.8, 4) is 0 Å². The molecule has 3 unspecified atom stereocenters. The van der Waals surface area contributed by atoms with E-state index in [9.17, 15) is 0 Å². The molecule has 0 bridgehead atoms. The van der Waals surface area contributed by atoms with Crippen LogP contribution in [0.15, 0.2) is 0 Å². The fourth-order valence-electron chi connectivity index (χ4n) is 3.18. The topological polar surface area (TPSA) is 21.3 Å². The van der Waals surface area contributed by atoms with Crippen LogP contribution < -0.4 is 5.32 Å². The summed E-state index contributed by atoms with van der Waals surface area (Å²) < 4.78 is 6.49. The lowest BCUT2D eigenvalue weighted by atomic mass is 9.76. The lowest BCUT2D eigenvalue weighted by molar-refractivity contribution is -0.171. The zero-order valence-electron chi connectivity index (χ0n) is 11.3. The summed E-state index contributed by atoms with van der Waals surface area (Å²) in [4.78, 5) is 0. The first-order chi connectivity index (χ1) is 7.41. The summed E-state index contributed by atoms with van der Waals surface area (Å²) in [6.45, 7) is 11.3. The van der Waals surface area contributed by atoms with Gasteiger partial charge in [-0.15, -0.1) is 0 Å². The van der Waals surface area contributed by atoms with Gasteiger partial charge in [-0.2, -0.15) is 0 Å². The van der Waals surface area contributed by atoms with Gasteiger partial charge in [-0.1, -0.05) is 40.5 Å². The molecule has 16 heavy (non-hydrogen) atoms. The van der Waals surface area contributed by atoms with E-state index in [-0.39, 0.29) is 11.0 Å². The maximum atomic E-state index is 6.49. The van der Waals surface area contributed by atoms with Gasteiger partial charge in [0.2, 0.25) is 0 Å². The van der Waals surface area contributed by atoms with Crippen LogP contribution in [0.5, 0.6) is 0 Å². The first-order valence-corrected chi connectivity index (χ1v) is 6.80. The summed E-state index contributed by atoms with van der Waals surface area (Å²) in [5.74, 6) is 0.828. The SMILES string of the molecule is CC1CCCC2(CNCC(C(C)(C)C)O2)C1. The molecule has 1 spiro atoms. The fraction of sp³-hybridized carbons (Fsp3) is 1.00. The summed E-state index contributed by atoms with van der Waals surface area (Å²) >= 11 is 0. The largest absolute Gasteiger partial charge is 0.369 e. The Morgan fingerprint density at radius 1 is 1.31 bits per heavy atom. The molecule has 1 saturated heterocycles. The zero-order valence-corrected chi connectivity index (χ0v) is 11.3. The Morgan fingerprint density at radius 3 is 2.69 bits per heavy atom. The number of ether oxygens (including phenoxy) is 1. The Balaban J connectivity index is 2.05. The Kier molecular flexibility index (Phi) is 3.33. The number of rotatable bonds is 0. The average Bonchev–Trinajstić information content (AvgIpc) is 2.16. The van der Waals surface area contributed by atoms with Crippen LogP contribution in [0, 0.1) is 11.3 Å². The molecule has 1 aliphatic heterocycles. The predicted octanol–water partition coefficient (Wildman–Crippen LogP) is 2.97. The molecule has 2 heteroatoms. The van der Waals surface area contributed by atoms with Gasteiger partial charge in [0.1, 0.15) is 0 Å². The van der Waals surface area contributed by atoms with Gasteiger partial charge in [0.25, 0.3) is 0 Å². The second-order valence-electron chi connectivity index (χ2n) is 6.99. The molecule has 0 aromatic carbocycles. The number of hydrogen-bond donors (Lipinski definition) is 1. The van der Waals surface area contributed by atoms with Gasteiger partial charge >= 0.3 is 0 Å². The molecule has 2 rings (SSSR count). The molecule has 1 aliphatic carbocycles. The Labute approximate surface area is 100 Å². The summed E-state index contributed by atoms with van der Waals surface area (Å²) in [7, 11) is 0. The lowest BCUT2D eigenvalue weighted by Crippen LogP contribution is -2.58. The second-order valence-corrected chi connectivity index (χ2v) is 6.99. The Hall–Kier alpha value is -0.0800. The van der Waals surface area contributed by atoms with E-state index in [1.54, 1.807) is 0 Å². The Bertz CT molecular complexity index is 242. The van der Waals surface area contributed by atoms with E-state index in [0.717, 1.165) is 19.0 Å². The van der Waals surface area contributed by atoms with E-state index in [0.29, 0.717) is 6.10 Å². The second kappa shape index (κ2) is 4.30. The highest BCUT2D eigenvalue weighted by Crippen LogP contribution is 2.39. The molecule has 2 fully saturated rings. The van der Waals surface area contributed by atoms with Crippen molar-refractivity contribution >= 4 is 0 Å². The van der Waals surface area contributed by atoms with Gasteiger partial charge in [-0.05, 0) is 24.2 Å². The third-order valence-electron chi connectivity index (χ3n) is 4.18. The molecule has 3 atom stereocenters. The normalized spacial score (nSPS) is 41.2. The van der Waals surface area contributed by atoms with Crippen molar-refractivity contribution in [2.45, 2.75) is 65.1 Å². The molecule has 2 aliphatic rings. The molecular weight excluding hydrogens is 198 g/mol. The van der Waals surface area contributed by atoms with Crippen LogP contribution in [0.2, 0.25) is 0 Å². The van der Waals surface area contributed by atoms with Gasteiger partial charge in [0, 0.05) is 13.1 Å². The maximum Gasteiger partial charge on any atom is 0.0813 e. The summed E-state index contributed by atoms with van der Waals surface area (Å²) in [6, 6.07) is 0. The minimum absolute atomic E-state index is 0.147. The number of hydrogen-bond acceptors (Lipinski definition) is 2. The van der Waals surface area contributed by atoms with E-state index in [1.807, 2.05) is 0 Å². The molecule has 1 heterocycles. The summed E-state index contributed by atoms with van der Waals surface area (Å²) in [6.07, 6.45) is 5.57. The first-order valence-electron chi connectivity index (χ1n) is 6.80. The minimum atomic E-state index is 0.147. The van der Waals surface area contributed by atoms with Crippen LogP contribution in [0.25, 0.3) is 0 Å². The van der Waals surface area contributed by atoms with E-state index in [1.165, 1.54) is 25.7 Å². The highest BCUT2D eigenvalue weighted by molar-refractivity contribution is 4.95. The quantitative estimate of drug-likeness (QED) is 0.684. The molecule has 1 N–H and O–H groups in total. The van der Waals surface area contributed by atoms with Gasteiger partial charge in [0.15, 0.2) is 0 Å². The fourth-order valence-corrected chi connectivity index (χ4v) is 3.18. The molecule has 0 aromatic rings. The number of nitrogens with one attached hydrogen (secondary N) is 1. The molecule has 94 valence electrons. The maximum absolute atomic E-state index is 6.49. The number of morpholine rings is 1. The van der Waals surface area contributed by atoms with E-state index in [2.05, 4.69) is 33.0 Å². The van der Waals surface area contributed by atoms with Gasteiger partial charge in [0.05, 0.1) is 11.7 Å². The van der Waals surface area contributed by atoms with Crippen LogP contribution in [-0.4, -0.2) is 24.8 Å². The average molecular weight is 225 g/mol. The van der Waals surface area contributed by atoms with Crippen LogP contribution in [0.1, 0.15) is 53.4 Å². The molecular formula is C14H27NO. The first kappa shape index (κ1) is 12.4. The minimum Gasteiger partial charge on any atom is -0.369 e. The zero-order chi connectivity index (χ0) is 11.8. The lowest BCUT2D eigenvalue weighted by Gasteiger charge is -2.49. The van der Waals surface area contributed by atoms with Crippen molar-refractivity contribution in [1.29, 1.82) is 0 Å². The molecule has 0 amide bonds. The van der Waals surface area contributed by atoms with Crippen molar-refractivity contribution in [2.75, 3.05) is 13.1 Å². The van der Waals surface area contributed by atoms with Gasteiger partial charge in [-0.25, -0.2) is 0 Å². The van der Waals surface area contributed by atoms with Crippen molar-refractivity contribution in [3.63, 3.8) is 0 Å². The Morgan fingerprint density at radius 2 is 2.06 bits per heavy atom. The highest BCUT2D eigenvalue weighted by Gasteiger charge is 2.43. The standard InChI is InChI=1S/C14H27NO/c1-11-6-5-7-14(8-11)10-15-9-12(16-14)13(2,3)4/h11-12,15H,5-10H2,1-4H3. The van der Waals surface area contributed by atoms with Crippen LogP contribution in [0.3, 0.4) is 0 Å². The smallest absolute Gasteiger partial charge is 0.0813 e. The summed E-state index contributed by atoms with van der Waals surface area (Å²) in [5, 5.41) is 3.60. The molecule has 0 aromatic heterocycles. The van der Waals surface area contributed by atoms with Crippen LogP contribution in [-0.2, 0) is 4.74 Å². The van der Waals surface area contributed by atoms with Gasteiger partial charge in [-0.3, -0.25) is 0 Å².